The molecule has 0 aliphatic carbocycles. The summed E-state index contributed by atoms with van der Waals surface area (Å²) in [5.74, 6) is 1.70. The first-order valence-corrected chi connectivity index (χ1v) is 9.95. The molecule has 160 valence electrons. The van der Waals surface area contributed by atoms with E-state index in [9.17, 15) is 4.79 Å². The molecule has 0 atom stereocenters. The van der Waals surface area contributed by atoms with Crippen LogP contribution in [0.4, 0.5) is 5.95 Å². The maximum Gasteiger partial charge on any atom is 0.267 e. The fourth-order valence-electron chi connectivity index (χ4n) is 3.66. The third-order valence-electron chi connectivity index (χ3n) is 5.22. The molecular formula is C23H20N6O3. The Bertz CT molecular complexity index is 1480. The molecule has 2 N–H and O–H groups in total. The average molecular weight is 428 g/mol. The van der Waals surface area contributed by atoms with E-state index in [0.29, 0.717) is 45.9 Å². The number of aromatic nitrogens is 5. The lowest BCUT2D eigenvalue weighted by molar-refractivity contribution is 0.354. The number of hydrogen-bond acceptors (Lipinski definition) is 7. The summed E-state index contributed by atoms with van der Waals surface area (Å²) in [5, 5.41) is 11.4. The van der Waals surface area contributed by atoms with Crippen molar-refractivity contribution in [2.24, 2.45) is 0 Å². The van der Waals surface area contributed by atoms with E-state index in [2.05, 4.69) is 25.5 Å². The Morgan fingerprint density at radius 3 is 2.62 bits per heavy atom. The van der Waals surface area contributed by atoms with E-state index >= 15 is 0 Å². The fourth-order valence-corrected chi connectivity index (χ4v) is 3.66. The van der Waals surface area contributed by atoms with E-state index in [4.69, 9.17) is 9.47 Å². The van der Waals surface area contributed by atoms with Gasteiger partial charge in [-0.25, -0.2) is 4.98 Å². The highest BCUT2D eigenvalue weighted by Gasteiger charge is 2.16. The Kier molecular flexibility index (Phi) is 4.91. The van der Waals surface area contributed by atoms with Crippen molar-refractivity contribution >= 4 is 27.9 Å². The minimum Gasteiger partial charge on any atom is -0.493 e. The SMILES string of the molecule is COc1ccc(CNc2ncc3c4n[nH]cc4c(=O)n(-c4ccccc4)c3n2)cc1OC. The van der Waals surface area contributed by atoms with Crippen molar-refractivity contribution in [2.45, 2.75) is 6.54 Å². The van der Waals surface area contributed by atoms with Crippen LogP contribution in [0.1, 0.15) is 5.56 Å². The number of methoxy groups -OCH3 is 2. The first-order valence-electron chi connectivity index (χ1n) is 9.95. The number of benzene rings is 2. The third kappa shape index (κ3) is 3.29. The van der Waals surface area contributed by atoms with Crippen LogP contribution in [0.2, 0.25) is 0 Å². The molecule has 0 unspecified atom stereocenters. The Labute approximate surface area is 182 Å². The summed E-state index contributed by atoms with van der Waals surface area (Å²) in [6.07, 6.45) is 3.28. The molecule has 32 heavy (non-hydrogen) atoms. The van der Waals surface area contributed by atoms with E-state index in [0.717, 1.165) is 11.3 Å². The highest BCUT2D eigenvalue weighted by Crippen LogP contribution is 2.28. The average Bonchev–Trinajstić information content (AvgIpc) is 3.34. The monoisotopic (exact) mass is 428 g/mol. The van der Waals surface area contributed by atoms with E-state index in [1.807, 2.05) is 48.5 Å². The number of rotatable bonds is 6. The molecule has 0 radical (unpaired) electrons. The summed E-state index contributed by atoms with van der Waals surface area (Å²) in [6.45, 7) is 0.464. The van der Waals surface area contributed by atoms with Crippen molar-refractivity contribution in [3.63, 3.8) is 0 Å². The van der Waals surface area contributed by atoms with Gasteiger partial charge in [-0.1, -0.05) is 24.3 Å². The molecule has 2 aromatic carbocycles. The number of aromatic amines is 1. The highest BCUT2D eigenvalue weighted by molar-refractivity contribution is 6.02. The normalized spacial score (nSPS) is 11.1. The molecule has 0 aliphatic heterocycles. The number of hydrogen-bond donors (Lipinski definition) is 2. The van der Waals surface area contributed by atoms with Crippen molar-refractivity contribution in [1.82, 2.24) is 24.7 Å². The van der Waals surface area contributed by atoms with Crippen LogP contribution in [0, 0.1) is 0 Å². The van der Waals surface area contributed by atoms with Gasteiger partial charge in [-0.2, -0.15) is 10.1 Å². The van der Waals surface area contributed by atoms with Gasteiger partial charge in [-0.15, -0.1) is 0 Å². The minimum atomic E-state index is -0.197. The largest absolute Gasteiger partial charge is 0.493 e. The Balaban J connectivity index is 1.58. The zero-order valence-corrected chi connectivity index (χ0v) is 17.5. The number of ether oxygens (including phenoxy) is 2. The van der Waals surface area contributed by atoms with Gasteiger partial charge in [0.25, 0.3) is 5.56 Å². The van der Waals surface area contributed by atoms with Crippen LogP contribution in [0.5, 0.6) is 11.5 Å². The van der Waals surface area contributed by atoms with Crippen LogP contribution in [0.3, 0.4) is 0 Å². The number of H-pyrrole nitrogens is 1. The van der Waals surface area contributed by atoms with Gasteiger partial charge in [-0.05, 0) is 29.8 Å². The van der Waals surface area contributed by atoms with Crippen molar-refractivity contribution < 1.29 is 9.47 Å². The number of nitrogens with one attached hydrogen (secondary N) is 2. The Hall–Kier alpha value is -4.40. The molecule has 0 saturated heterocycles. The predicted molar refractivity (Wildman–Crippen MR) is 122 cm³/mol. The van der Waals surface area contributed by atoms with Gasteiger partial charge in [0.05, 0.1) is 30.7 Å². The predicted octanol–water partition coefficient (Wildman–Crippen LogP) is 3.29. The van der Waals surface area contributed by atoms with Gasteiger partial charge in [-0.3, -0.25) is 14.5 Å². The first kappa shape index (κ1) is 19.6. The second-order valence-electron chi connectivity index (χ2n) is 7.10. The van der Waals surface area contributed by atoms with Crippen LogP contribution < -0.4 is 20.3 Å². The molecular weight excluding hydrogens is 408 g/mol. The van der Waals surface area contributed by atoms with Gasteiger partial charge >= 0.3 is 0 Å². The molecule has 0 spiro atoms. The second kappa shape index (κ2) is 8.03. The van der Waals surface area contributed by atoms with Gasteiger partial charge < -0.3 is 14.8 Å². The first-order chi connectivity index (χ1) is 15.7. The molecule has 5 aromatic rings. The number of anilines is 1. The Morgan fingerprint density at radius 2 is 1.84 bits per heavy atom. The van der Waals surface area contributed by atoms with Crippen molar-refractivity contribution in [3.8, 4) is 17.2 Å². The standard InChI is InChI=1S/C23H20N6O3/c1-31-18-9-8-14(10-19(18)32-2)11-24-23-25-12-16-20-17(13-26-28-20)22(30)29(21(16)27-23)15-6-4-3-5-7-15/h3-10,12-13H,11H2,1-2H3,(H,26,28)(H,24,25,27). The Morgan fingerprint density at radius 1 is 1.03 bits per heavy atom. The van der Waals surface area contributed by atoms with Crippen LogP contribution in [-0.2, 0) is 6.54 Å². The maximum absolute atomic E-state index is 13.2. The molecule has 0 saturated carbocycles. The lowest BCUT2D eigenvalue weighted by Gasteiger charge is -2.12. The smallest absolute Gasteiger partial charge is 0.267 e. The number of pyridine rings is 1. The second-order valence-corrected chi connectivity index (χ2v) is 7.10. The van der Waals surface area contributed by atoms with E-state index in [1.165, 1.54) is 0 Å². The van der Waals surface area contributed by atoms with Gasteiger partial charge in [0, 0.05) is 18.9 Å². The number of nitrogens with zero attached hydrogens (tertiary/aromatic N) is 4. The highest BCUT2D eigenvalue weighted by atomic mass is 16.5. The van der Waals surface area contributed by atoms with E-state index in [-0.39, 0.29) is 5.56 Å². The topological polar surface area (TPSA) is 107 Å². The minimum absolute atomic E-state index is 0.197. The van der Waals surface area contributed by atoms with Crippen LogP contribution >= 0.6 is 0 Å². The molecule has 0 fully saturated rings. The lowest BCUT2D eigenvalue weighted by Crippen LogP contribution is -2.20. The number of para-hydroxylation sites is 1. The van der Waals surface area contributed by atoms with Crippen LogP contribution in [0.15, 0.2) is 65.7 Å². The molecule has 9 nitrogen and oxygen atoms in total. The van der Waals surface area contributed by atoms with Crippen LogP contribution in [0.25, 0.3) is 27.6 Å². The number of fused-ring (bicyclic) bond motifs is 3. The summed E-state index contributed by atoms with van der Waals surface area (Å²) in [4.78, 5) is 22.3. The lowest BCUT2D eigenvalue weighted by atomic mass is 10.2. The molecule has 0 aliphatic rings. The molecule has 5 rings (SSSR count). The van der Waals surface area contributed by atoms with Crippen molar-refractivity contribution in [1.29, 1.82) is 0 Å². The fraction of sp³-hybridized carbons (Fsp3) is 0.130. The summed E-state index contributed by atoms with van der Waals surface area (Å²) in [5.41, 5.74) is 2.51. The van der Waals surface area contributed by atoms with Crippen molar-refractivity contribution in [2.75, 3.05) is 19.5 Å². The molecule has 3 heterocycles. The molecule has 3 aromatic heterocycles. The summed E-state index contributed by atoms with van der Waals surface area (Å²) in [7, 11) is 3.20. The maximum atomic E-state index is 13.2. The van der Waals surface area contributed by atoms with Gasteiger partial charge in [0.15, 0.2) is 17.1 Å². The van der Waals surface area contributed by atoms with Crippen molar-refractivity contribution in [3.05, 3.63) is 76.8 Å². The molecule has 9 heteroatoms. The zero-order valence-electron chi connectivity index (χ0n) is 17.5. The summed E-state index contributed by atoms with van der Waals surface area (Å²) < 4.78 is 12.2. The quantitative estimate of drug-likeness (QED) is 0.427. The molecule has 0 bridgehead atoms. The summed E-state index contributed by atoms with van der Waals surface area (Å²) >= 11 is 0. The zero-order chi connectivity index (χ0) is 22.1. The van der Waals surface area contributed by atoms with E-state index in [1.54, 1.807) is 31.2 Å². The van der Waals surface area contributed by atoms with E-state index < -0.39 is 0 Å². The van der Waals surface area contributed by atoms with Gasteiger partial charge in [0.2, 0.25) is 5.95 Å². The summed E-state index contributed by atoms with van der Waals surface area (Å²) in [6, 6.07) is 15.1. The molecule has 0 amide bonds. The van der Waals surface area contributed by atoms with Crippen LogP contribution in [-0.4, -0.2) is 39.0 Å². The third-order valence-corrected chi connectivity index (χ3v) is 5.22. The van der Waals surface area contributed by atoms with Gasteiger partial charge in [0.1, 0.15) is 5.52 Å².